The molecular weight excluding hydrogens is 335 g/mol. The topological polar surface area (TPSA) is 81.4 Å². The normalized spacial score (nSPS) is 11.6. The molecule has 126 valence electrons. The zero-order valence-corrected chi connectivity index (χ0v) is 13.6. The maximum Gasteiger partial charge on any atom is 0.340 e. The summed E-state index contributed by atoms with van der Waals surface area (Å²) < 4.78 is 17.8. The number of esters is 1. The third kappa shape index (κ3) is 4.70. The Morgan fingerprint density at radius 1 is 1.29 bits per heavy atom. The number of amides is 1. The molecule has 0 aliphatic carbocycles. The molecule has 1 atom stereocenters. The predicted octanol–water partition coefficient (Wildman–Crippen LogP) is 3.10. The number of nitrogen functional groups attached to an aromatic ring is 1. The molecule has 3 N–H and O–H groups in total. The van der Waals surface area contributed by atoms with Crippen LogP contribution in [0.2, 0.25) is 5.02 Å². The molecule has 0 heterocycles. The third-order valence-electron chi connectivity index (χ3n) is 3.29. The maximum absolute atomic E-state index is 13.0. The molecule has 2 rings (SSSR count). The number of rotatable bonds is 5. The zero-order valence-electron chi connectivity index (χ0n) is 12.9. The fraction of sp³-hybridized carbons (Fsp3) is 0.176. The van der Waals surface area contributed by atoms with Crippen LogP contribution in [0.5, 0.6) is 0 Å². The summed E-state index contributed by atoms with van der Waals surface area (Å²) in [6.07, 6.45) is 0. The van der Waals surface area contributed by atoms with Crippen LogP contribution in [-0.4, -0.2) is 18.5 Å². The molecule has 2 aromatic rings. The third-order valence-corrected chi connectivity index (χ3v) is 3.53. The van der Waals surface area contributed by atoms with E-state index in [1.807, 2.05) is 6.07 Å². The predicted molar refractivity (Wildman–Crippen MR) is 89.1 cm³/mol. The second-order valence-electron chi connectivity index (χ2n) is 5.15. The molecule has 24 heavy (non-hydrogen) atoms. The van der Waals surface area contributed by atoms with Gasteiger partial charge in [0, 0.05) is 10.7 Å². The van der Waals surface area contributed by atoms with Gasteiger partial charge in [0.1, 0.15) is 5.82 Å². The van der Waals surface area contributed by atoms with Gasteiger partial charge in [-0.25, -0.2) is 9.18 Å². The summed E-state index contributed by atoms with van der Waals surface area (Å²) in [6, 6.07) is 10.1. The van der Waals surface area contributed by atoms with Crippen molar-refractivity contribution in [3.63, 3.8) is 0 Å². The zero-order chi connectivity index (χ0) is 17.7. The number of carbonyl (C=O) groups excluding carboxylic acids is 2. The van der Waals surface area contributed by atoms with Crippen LogP contribution < -0.4 is 11.1 Å². The lowest BCUT2D eigenvalue weighted by Crippen LogP contribution is -2.31. The Balaban J connectivity index is 1.89. The van der Waals surface area contributed by atoms with Gasteiger partial charge in [-0.3, -0.25) is 4.79 Å². The van der Waals surface area contributed by atoms with Crippen LogP contribution in [0.25, 0.3) is 0 Å². The smallest absolute Gasteiger partial charge is 0.340 e. The lowest BCUT2D eigenvalue weighted by molar-refractivity contribution is -0.124. The second kappa shape index (κ2) is 7.79. The minimum absolute atomic E-state index is 0.00656. The van der Waals surface area contributed by atoms with Crippen molar-refractivity contribution < 1.29 is 18.7 Å². The van der Waals surface area contributed by atoms with Crippen molar-refractivity contribution in [3.8, 4) is 0 Å². The van der Waals surface area contributed by atoms with E-state index in [-0.39, 0.29) is 17.3 Å². The maximum atomic E-state index is 13.0. The number of ether oxygens (including phenoxy) is 1. The molecule has 0 spiro atoms. The van der Waals surface area contributed by atoms with Crippen molar-refractivity contribution in [1.82, 2.24) is 5.32 Å². The van der Waals surface area contributed by atoms with Gasteiger partial charge in [-0.1, -0.05) is 23.7 Å². The van der Waals surface area contributed by atoms with Gasteiger partial charge in [-0.2, -0.15) is 0 Å². The SMILES string of the molecule is C[C@H](NC(=O)COC(=O)c1ccc(F)cc1N)c1cccc(Cl)c1. The van der Waals surface area contributed by atoms with E-state index in [0.717, 1.165) is 17.7 Å². The van der Waals surface area contributed by atoms with Gasteiger partial charge >= 0.3 is 5.97 Å². The molecule has 1 amide bonds. The van der Waals surface area contributed by atoms with Gasteiger partial charge in [-0.05, 0) is 42.8 Å². The number of hydrogen-bond acceptors (Lipinski definition) is 4. The number of anilines is 1. The van der Waals surface area contributed by atoms with Crippen LogP contribution >= 0.6 is 11.6 Å². The number of nitrogens with one attached hydrogen (secondary N) is 1. The van der Waals surface area contributed by atoms with Gasteiger partial charge in [0.2, 0.25) is 0 Å². The van der Waals surface area contributed by atoms with E-state index >= 15 is 0 Å². The summed E-state index contributed by atoms with van der Waals surface area (Å²) >= 11 is 5.90. The second-order valence-corrected chi connectivity index (χ2v) is 5.59. The Labute approximate surface area is 143 Å². The molecule has 0 radical (unpaired) electrons. The van der Waals surface area contributed by atoms with Gasteiger partial charge in [0.05, 0.1) is 11.6 Å². The molecule has 7 heteroatoms. The van der Waals surface area contributed by atoms with E-state index in [1.165, 1.54) is 6.07 Å². The molecule has 0 unspecified atom stereocenters. The first kappa shape index (κ1) is 17.7. The summed E-state index contributed by atoms with van der Waals surface area (Å²) in [5.41, 5.74) is 6.33. The average molecular weight is 351 g/mol. The first-order valence-corrected chi connectivity index (χ1v) is 7.51. The van der Waals surface area contributed by atoms with Crippen molar-refractivity contribution in [3.05, 3.63) is 64.4 Å². The van der Waals surface area contributed by atoms with Crippen LogP contribution in [0, 0.1) is 5.82 Å². The Bertz CT molecular complexity index is 767. The van der Waals surface area contributed by atoms with E-state index < -0.39 is 24.3 Å². The minimum atomic E-state index is -0.793. The molecular formula is C17H16ClFN2O3. The Morgan fingerprint density at radius 2 is 2.04 bits per heavy atom. The van der Waals surface area contributed by atoms with Gasteiger partial charge < -0.3 is 15.8 Å². The van der Waals surface area contributed by atoms with Crippen LogP contribution in [0.1, 0.15) is 28.9 Å². The molecule has 0 fully saturated rings. The lowest BCUT2D eigenvalue weighted by atomic mass is 10.1. The van der Waals surface area contributed by atoms with E-state index in [4.69, 9.17) is 22.1 Å². The first-order valence-electron chi connectivity index (χ1n) is 7.14. The van der Waals surface area contributed by atoms with Crippen LogP contribution in [0.3, 0.4) is 0 Å². The number of hydrogen-bond donors (Lipinski definition) is 2. The van der Waals surface area contributed by atoms with Crippen molar-refractivity contribution >= 4 is 29.2 Å². The highest BCUT2D eigenvalue weighted by atomic mass is 35.5. The summed E-state index contributed by atoms with van der Waals surface area (Å²) in [4.78, 5) is 23.7. The number of benzene rings is 2. The summed E-state index contributed by atoms with van der Waals surface area (Å²) in [7, 11) is 0. The van der Waals surface area contributed by atoms with Gasteiger partial charge in [0.15, 0.2) is 6.61 Å². The van der Waals surface area contributed by atoms with Crippen LogP contribution in [-0.2, 0) is 9.53 Å². The molecule has 0 aromatic heterocycles. The lowest BCUT2D eigenvalue weighted by Gasteiger charge is -2.15. The molecule has 0 aliphatic rings. The summed E-state index contributed by atoms with van der Waals surface area (Å²) in [5.74, 6) is -1.83. The van der Waals surface area contributed by atoms with Gasteiger partial charge in [-0.15, -0.1) is 0 Å². The largest absolute Gasteiger partial charge is 0.452 e. The highest BCUT2D eigenvalue weighted by molar-refractivity contribution is 6.30. The van der Waals surface area contributed by atoms with E-state index in [9.17, 15) is 14.0 Å². The Kier molecular flexibility index (Phi) is 5.76. The quantitative estimate of drug-likeness (QED) is 0.641. The molecule has 5 nitrogen and oxygen atoms in total. The number of halogens is 2. The van der Waals surface area contributed by atoms with E-state index in [2.05, 4.69) is 5.32 Å². The highest BCUT2D eigenvalue weighted by Gasteiger charge is 2.15. The minimum Gasteiger partial charge on any atom is -0.452 e. The van der Waals surface area contributed by atoms with Crippen molar-refractivity contribution in [2.45, 2.75) is 13.0 Å². The van der Waals surface area contributed by atoms with Crippen LogP contribution in [0.4, 0.5) is 10.1 Å². The van der Waals surface area contributed by atoms with Crippen molar-refractivity contribution in [2.75, 3.05) is 12.3 Å². The van der Waals surface area contributed by atoms with E-state index in [0.29, 0.717) is 5.02 Å². The number of nitrogens with two attached hydrogens (primary N) is 1. The molecule has 0 aliphatic heterocycles. The molecule has 0 bridgehead atoms. The standard InChI is InChI=1S/C17H16ClFN2O3/c1-10(11-3-2-4-12(18)7-11)21-16(22)9-24-17(23)14-6-5-13(19)8-15(14)20/h2-8,10H,9,20H2,1H3,(H,21,22)/t10-/m0/s1. The van der Waals surface area contributed by atoms with E-state index in [1.54, 1.807) is 25.1 Å². The first-order chi connectivity index (χ1) is 11.4. The average Bonchev–Trinajstić information content (AvgIpc) is 2.52. The number of carbonyl (C=O) groups is 2. The molecule has 0 saturated carbocycles. The van der Waals surface area contributed by atoms with Crippen molar-refractivity contribution in [2.24, 2.45) is 0 Å². The fourth-order valence-corrected chi connectivity index (χ4v) is 2.27. The van der Waals surface area contributed by atoms with Crippen molar-refractivity contribution in [1.29, 1.82) is 0 Å². The molecule has 0 saturated heterocycles. The summed E-state index contributed by atoms with van der Waals surface area (Å²) in [6.45, 7) is 1.31. The summed E-state index contributed by atoms with van der Waals surface area (Å²) in [5, 5.41) is 3.25. The highest BCUT2D eigenvalue weighted by Crippen LogP contribution is 2.17. The van der Waals surface area contributed by atoms with Gasteiger partial charge in [0.25, 0.3) is 5.91 Å². The molecule has 2 aromatic carbocycles. The monoisotopic (exact) mass is 350 g/mol. The Morgan fingerprint density at radius 3 is 2.71 bits per heavy atom. The Hall–Kier alpha value is -2.60. The fourth-order valence-electron chi connectivity index (χ4n) is 2.07. The van der Waals surface area contributed by atoms with Crippen LogP contribution in [0.15, 0.2) is 42.5 Å².